The molecule has 0 bridgehead atoms. The maximum Gasteiger partial charge on any atom is 0.266 e. The molecule has 2 N–H and O–H groups in total. The first kappa shape index (κ1) is 22.9. The van der Waals surface area contributed by atoms with Crippen LogP contribution in [0.5, 0.6) is 0 Å². The summed E-state index contributed by atoms with van der Waals surface area (Å²) in [6, 6.07) is 10.4. The standard InChI is InChI=1S/C25H20F3N9/c1-35-19-5-4-15(11-18(19)33-34-35)22-21(14-2-3-16(12-29)17(26)10-14)32-24-23(31-7-9-37(22)24)36-8-6-25(27,28)20(30)13-36/h2-5,7,9-11,20H,6,8,13,30H2,1H3/t20-/m0/s1. The van der Waals surface area contributed by atoms with E-state index in [1.54, 1.807) is 39.5 Å². The van der Waals surface area contributed by atoms with E-state index >= 15 is 0 Å². The summed E-state index contributed by atoms with van der Waals surface area (Å²) in [7, 11) is 1.79. The predicted octanol–water partition coefficient (Wildman–Crippen LogP) is 3.53. The smallest absolute Gasteiger partial charge is 0.266 e. The number of nitriles is 1. The second kappa shape index (κ2) is 8.28. The summed E-state index contributed by atoms with van der Waals surface area (Å²) < 4.78 is 46.2. The van der Waals surface area contributed by atoms with Gasteiger partial charge in [0.05, 0.1) is 28.5 Å². The van der Waals surface area contributed by atoms with Crippen LogP contribution in [0.15, 0.2) is 48.8 Å². The topological polar surface area (TPSA) is 114 Å². The third-order valence-electron chi connectivity index (χ3n) is 6.74. The fourth-order valence-corrected chi connectivity index (χ4v) is 4.73. The van der Waals surface area contributed by atoms with Crippen LogP contribution >= 0.6 is 0 Å². The number of rotatable bonds is 3. The van der Waals surface area contributed by atoms with Crippen LogP contribution in [0.3, 0.4) is 0 Å². The van der Waals surface area contributed by atoms with Gasteiger partial charge in [-0.1, -0.05) is 17.3 Å². The van der Waals surface area contributed by atoms with Crippen molar-refractivity contribution in [3.63, 3.8) is 0 Å². The molecule has 0 unspecified atom stereocenters. The molecule has 0 saturated carbocycles. The molecule has 37 heavy (non-hydrogen) atoms. The fourth-order valence-electron chi connectivity index (χ4n) is 4.73. The number of benzene rings is 2. The van der Waals surface area contributed by atoms with Gasteiger partial charge in [-0.25, -0.2) is 27.8 Å². The number of aryl methyl sites for hydroxylation is 1. The quantitative estimate of drug-likeness (QED) is 0.401. The van der Waals surface area contributed by atoms with Crippen molar-refractivity contribution >= 4 is 22.5 Å². The molecule has 1 aliphatic heterocycles. The van der Waals surface area contributed by atoms with Crippen molar-refractivity contribution in [1.82, 2.24) is 29.4 Å². The van der Waals surface area contributed by atoms with Gasteiger partial charge in [-0.2, -0.15) is 5.26 Å². The molecule has 2 aromatic carbocycles. The van der Waals surface area contributed by atoms with E-state index < -0.39 is 24.2 Å². The van der Waals surface area contributed by atoms with Gasteiger partial charge in [0.15, 0.2) is 11.5 Å². The van der Waals surface area contributed by atoms with E-state index in [1.165, 1.54) is 12.1 Å². The van der Waals surface area contributed by atoms with Gasteiger partial charge in [-0.05, 0) is 24.3 Å². The monoisotopic (exact) mass is 503 g/mol. The highest BCUT2D eigenvalue weighted by Crippen LogP contribution is 2.37. The lowest BCUT2D eigenvalue weighted by atomic mass is 10.0. The van der Waals surface area contributed by atoms with Gasteiger partial charge in [0, 0.05) is 50.1 Å². The van der Waals surface area contributed by atoms with E-state index in [-0.39, 0.29) is 18.7 Å². The minimum absolute atomic E-state index is 0.0575. The average Bonchev–Trinajstić information content (AvgIpc) is 3.46. The van der Waals surface area contributed by atoms with E-state index in [9.17, 15) is 13.2 Å². The number of aromatic nitrogens is 6. The van der Waals surface area contributed by atoms with E-state index in [2.05, 4.69) is 15.3 Å². The Morgan fingerprint density at radius 1 is 1.16 bits per heavy atom. The molecule has 1 atom stereocenters. The molecule has 1 saturated heterocycles. The SMILES string of the molecule is Cn1nnc2cc(-c3c(-c4ccc(C#N)c(F)c4)nc4c(N5CCC(F)(F)[C@@H](N)C5)nccn34)ccc21. The maximum absolute atomic E-state index is 14.6. The molecular weight excluding hydrogens is 483 g/mol. The van der Waals surface area contributed by atoms with Crippen molar-refractivity contribution in [3.8, 4) is 28.6 Å². The Bertz CT molecular complexity index is 1720. The lowest BCUT2D eigenvalue weighted by Gasteiger charge is -2.36. The third kappa shape index (κ3) is 3.66. The second-order valence-electron chi connectivity index (χ2n) is 9.04. The molecular formula is C25H20F3N9. The van der Waals surface area contributed by atoms with E-state index in [4.69, 9.17) is 16.0 Å². The number of hydrogen-bond acceptors (Lipinski definition) is 7. The molecule has 3 aromatic heterocycles. The van der Waals surface area contributed by atoms with E-state index in [1.807, 2.05) is 24.3 Å². The molecule has 12 heteroatoms. The summed E-state index contributed by atoms with van der Waals surface area (Å²) in [4.78, 5) is 11.0. The fraction of sp³-hybridized carbons (Fsp3) is 0.240. The zero-order chi connectivity index (χ0) is 25.9. The number of alkyl halides is 2. The number of piperidine rings is 1. The normalized spacial score (nSPS) is 17.4. The Labute approximate surface area is 208 Å². The van der Waals surface area contributed by atoms with Crippen LogP contribution in [-0.2, 0) is 7.05 Å². The zero-order valence-electron chi connectivity index (χ0n) is 19.6. The van der Waals surface area contributed by atoms with E-state index in [0.717, 1.165) is 11.1 Å². The molecule has 6 rings (SSSR count). The van der Waals surface area contributed by atoms with Gasteiger partial charge in [-0.15, -0.1) is 5.10 Å². The summed E-state index contributed by atoms with van der Waals surface area (Å²) in [5, 5.41) is 17.4. The Balaban J connectivity index is 1.58. The molecule has 1 fully saturated rings. The molecule has 5 aromatic rings. The van der Waals surface area contributed by atoms with Crippen molar-refractivity contribution < 1.29 is 13.2 Å². The van der Waals surface area contributed by atoms with Crippen LogP contribution in [0.1, 0.15) is 12.0 Å². The third-order valence-corrected chi connectivity index (χ3v) is 6.74. The minimum atomic E-state index is -2.96. The lowest BCUT2D eigenvalue weighted by molar-refractivity contribution is -0.0393. The first-order valence-electron chi connectivity index (χ1n) is 11.5. The number of hydrogen-bond donors (Lipinski definition) is 1. The summed E-state index contributed by atoms with van der Waals surface area (Å²) in [5.74, 6) is -3.23. The Morgan fingerprint density at radius 2 is 1.97 bits per heavy atom. The average molecular weight is 503 g/mol. The largest absolute Gasteiger partial charge is 0.352 e. The van der Waals surface area contributed by atoms with Crippen LogP contribution in [-0.4, -0.2) is 54.4 Å². The predicted molar refractivity (Wildman–Crippen MR) is 130 cm³/mol. The molecule has 0 radical (unpaired) electrons. The number of fused-ring (bicyclic) bond motifs is 2. The van der Waals surface area contributed by atoms with Crippen molar-refractivity contribution in [3.05, 3.63) is 60.2 Å². The first-order chi connectivity index (χ1) is 17.8. The van der Waals surface area contributed by atoms with E-state index in [0.29, 0.717) is 33.9 Å². The molecule has 0 amide bonds. The van der Waals surface area contributed by atoms with Gasteiger partial charge >= 0.3 is 0 Å². The molecule has 9 nitrogen and oxygen atoms in total. The van der Waals surface area contributed by atoms with Gasteiger partial charge in [0.1, 0.15) is 17.4 Å². The number of nitrogens with two attached hydrogens (primary N) is 1. The molecule has 1 aliphatic rings. The van der Waals surface area contributed by atoms with Crippen molar-refractivity contribution in [1.29, 1.82) is 5.26 Å². The number of nitrogens with zero attached hydrogens (tertiary/aromatic N) is 8. The van der Waals surface area contributed by atoms with Crippen molar-refractivity contribution in [2.45, 2.75) is 18.4 Å². The Kier molecular flexibility index (Phi) is 5.13. The minimum Gasteiger partial charge on any atom is -0.352 e. The molecule has 0 spiro atoms. The van der Waals surface area contributed by atoms with Gasteiger partial charge < -0.3 is 10.6 Å². The van der Waals surface area contributed by atoms with Gasteiger partial charge in [0.25, 0.3) is 5.92 Å². The zero-order valence-corrected chi connectivity index (χ0v) is 19.6. The first-order valence-corrected chi connectivity index (χ1v) is 11.5. The Morgan fingerprint density at radius 3 is 2.73 bits per heavy atom. The molecule has 4 heterocycles. The summed E-state index contributed by atoms with van der Waals surface area (Å²) in [5.41, 5.74) is 9.83. The highest BCUT2D eigenvalue weighted by atomic mass is 19.3. The number of halogens is 3. The number of anilines is 1. The summed E-state index contributed by atoms with van der Waals surface area (Å²) >= 11 is 0. The van der Waals surface area contributed by atoms with Crippen molar-refractivity contribution in [2.75, 3.05) is 18.0 Å². The highest BCUT2D eigenvalue weighted by molar-refractivity contribution is 5.89. The van der Waals surface area contributed by atoms with Gasteiger partial charge in [-0.3, -0.25) is 4.40 Å². The second-order valence-corrected chi connectivity index (χ2v) is 9.04. The van der Waals surface area contributed by atoms with Crippen LogP contribution in [0.25, 0.3) is 39.2 Å². The maximum atomic E-state index is 14.6. The van der Waals surface area contributed by atoms with Crippen LogP contribution < -0.4 is 10.6 Å². The summed E-state index contributed by atoms with van der Waals surface area (Å²) in [6.07, 6.45) is 2.88. The van der Waals surface area contributed by atoms with Crippen molar-refractivity contribution in [2.24, 2.45) is 12.8 Å². The summed E-state index contributed by atoms with van der Waals surface area (Å²) in [6.45, 7) is -0.0315. The van der Waals surface area contributed by atoms with Crippen LogP contribution in [0, 0.1) is 17.1 Å². The van der Waals surface area contributed by atoms with Crippen LogP contribution in [0.2, 0.25) is 0 Å². The van der Waals surface area contributed by atoms with Gasteiger partial charge in [0.2, 0.25) is 0 Å². The Hall–Kier alpha value is -4.50. The molecule has 186 valence electrons. The van der Waals surface area contributed by atoms with Crippen LogP contribution in [0.4, 0.5) is 19.0 Å². The highest BCUT2D eigenvalue weighted by Gasteiger charge is 2.42. The number of imidazole rings is 1. The molecule has 0 aliphatic carbocycles. The lowest BCUT2D eigenvalue weighted by Crippen LogP contribution is -2.55.